The molecule has 4 N–H and O–H groups in total. The zero-order valence-electron chi connectivity index (χ0n) is 28.2. The van der Waals surface area contributed by atoms with Gasteiger partial charge in [-0.15, -0.1) is 0 Å². The SMILES string of the molecule is CNCCCn1cc(Nc2cccn3c(C#Cc4cc(C(=O)Nc5ccc(CN6CCNC(C)C6)c(C(F)(F)F)c5)ccc4C)cnc23)cn1. The molecule has 5 aromatic rings. The third-order valence-electron chi connectivity index (χ3n) is 8.61. The van der Waals surface area contributed by atoms with Gasteiger partial charge >= 0.3 is 6.18 Å². The molecule has 4 heterocycles. The summed E-state index contributed by atoms with van der Waals surface area (Å²) in [6.45, 7) is 7.85. The number of hydrogen-bond acceptors (Lipinski definition) is 7. The maximum absolute atomic E-state index is 14.1. The van der Waals surface area contributed by atoms with Gasteiger partial charge in [0.2, 0.25) is 0 Å². The first-order chi connectivity index (χ1) is 24.1. The molecule has 1 atom stereocenters. The molecule has 3 aromatic heterocycles. The Balaban J connectivity index is 1.17. The largest absolute Gasteiger partial charge is 0.416 e. The van der Waals surface area contributed by atoms with Crippen molar-refractivity contribution in [3.8, 4) is 11.8 Å². The summed E-state index contributed by atoms with van der Waals surface area (Å²) < 4.78 is 46.1. The van der Waals surface area contributed by atoms with Crippen LogP contribution in [0.25, 0.3) is 5.65 Å². The Morgan fingerprint density at radius 1 is 1.10 bits per heavy atom. The predicted molar refractivity (Wildman–Crippen MR) is 189 cm³/mol. The Hall–Kier alpha value is -5.16. The number of fused-ring (bicyclic) bond motifs is 1. The van der Waals surface area contributed by atoms with E-state index in [2.05, 4.69) is 43.2 Å². The van der Waals surface area contributed by atoms with Crippen molar-refractivity contribution >= 4 is 28.6 Å². The predicted octanol–water partition coefficient (Wildman–Crippen LogP) is 5.66. The van der Waals surface area contributed by atoms with Crippen LogP contribution in [0.1, 0.15) is 51.7 Å². The second-order valence-electron chi connectivity index (χ2n) is 12.5. The molecule has 13 heteroatoms. The van der Waals surface area contributed by atoms with E-state index in [1.807, 2.05) is 59.4 Å². The molecule has 1 saturated heterocycles. The van der Waals surface area contributed by atoms with Crippen LogP contribution in [0.15, 0.2) is 73.3 Å². The van der Waals surface area contributed by atoms with E-state index >= 15 is 0 Å². The van der Waals surface area contributed by atoms with Crippen LogP contribution in [0, 0.1) is 18.8 Å². The number of aromatic nitrogens is 4. The van der Waals surface area contributed by atoms with E-state index in [-0.39, 0.29) is 29.4 Å². The van der Waals surface area contributed by atoms with Gasteiger partial charge in [0, 0.05) is 68.0 Å². The fourth-order valence-corrected chi connectivity index (χ4v) is 6.01. The number of benzene rings is 2. The number of alkyl halides is 3. The molecule has 0 saturated carbocycles. The number of pyridine rings is 1. The van der Waals surface area contributed by atoms with Gasteiger partial charge in [-0.05, 0) is 87.3 Å². The van der Waals surface area contributed by atoms with Crippen molar-refractivity contribution in [2.24, 2.45) is 0 Å². The Bertz CT molecular complexity index is 2040. The number of anilines is 3. The van der Waals surface area contributed by atoms with Gasteiger partial charge in [0.05, 0.1) is 29.3 Å². The number of rotatable bonds is 10. The molecule has 0 spiro atoms. The molecular formula is C37H40F3N9O. The third-order valence-corrected chi connectivity index (χ3v) is 8.61. The number of hydrogen-bond donors (Lipinski definition) is 4. The topological polar surface area (TPSA) is 104 Å². The Kier molecular flexibility index (Phi) is 10.5. The van der Waals surface area contributed by atoms with Gasteiger partial charge in [-0.2, -0.15) is 18.3 Å². The van der Waals surface area contributed by atoms with Crippen molar-refractivity contribution in [2.45, 2.75) is 45.6 Å². The van der Waals surface area contributed by atoms with Crippen molar-refractivity contribution in [1.29, 1.82) is 0 Å². The van der Waals surface area contributed by atoms with Crippen molar-refractivity contribution < 1.29 is 18.0 Å². The average Bonchev–Trinajstić information content (AvgIpc) is 3.72. The van der Waals surface area contributed by atoms with E-state index in [9.17, 15) is 18.0 Å². The smallest absolute Gasteiger partial charge is 0.350 e. The average molecular weight is 684 g/mol. The van der Waals surface area contributed by atoms with Gasteiger partial charge in [0.1, 0.15) is 5.69 Å². The highest BCUT2D eigenvalue weighted by Gasteiger charge is 2.34. The summed E-state index contributed by atoms with van der Waals surface area (Å²) in [6.07, 6.45) is 3.69. The lowest BCUT2D eigenvalue weighted by atomic mass is 10.0. The molecule has 260 valence electrons. The van der Waals surface area contributed by atoms with Crippen LogP contribution in [0.5, 0.6) is 0 Å². The van der Waals surface area contributed by atoms with Gasteiger partial charge < -0.3 is 21.3 Å². The number of carbonyl (C=O) groups is 1. The van der Waals surface area contributed by atoms with Crippen molar-refractivity contribution in [2.75, 3.05) is 43.9 Å². The lowest BCUT2D eigenvalue weighted by Gasteiger charge is -2.32. The number of halogens is 3. The van der Waals surface area contributed by atoms with E-state index in [1.165, 1.54) is 12.1 Å². The fourth-order valence-electron chi connectivity index (χ4n) is 6.01. The van der Waals surface area contributed by atoms with Crippen LogP contribution in [0.4, 0.5) is 30.2 Å². The molecule has 10 nitrogen and oxygen atoms in total. The number of aryl methyl sites for hydroxylation is 2. The Labute approximate surface area is 289 Å². The maximum atomic E-state index is 14.1. The first-order valence-electron chi connectivity index (χ1n) is 16.6. The molecule has 0 aliphatic carbocycles. The van der Waals surface area contributed by atoms with Gasteiger partial charge in [0.25, 0.3) is 5.91 Å². The van der Waals surface area contributed by atoms with Gasteiger partial charge in [0.15, 0.2) is 5.65 Å². The highest BCUT2D eigenvalue weighted by Crippen LogP contribution is 2.35. The monoisotopic (exact) mass is 683 g/mol. The molecule has 2 aromatic carbocycles. The molecule has 50 heavy (non-hydrogen) atoms. The maximum Gasteiger partial charge on any atom is 0.416 e. The van der Waals surface area contributed by atoms with Crippen molar-refractivity contribution in [3.05, 3.63) is 107 Å². The molecule has 1 unspecified atom stereocenters. The summed E-state index contributed by atoms with van der Waals surface area (Å²) in [5, 5.41) is 16.9. The first-order valence-corrected chi connectivity index (χ1v) is 16.6. The number of amides is 1. The van der Waals surface area contributed by atoms with Crippen LogP contribution in [0.3, 0.4) is 0 Å². The Morgan fingerprint density at radius 3 is 2.76 bits per heavy atom. The number of nitrogens with one attached hydrogen (secondary N) is 4. The van der Waals surface area contributed by atoms with Crippen LogP contribution < -0.4 is 21.3 Å². The van der Waals surface area contributed by atoms with E-state index in [1.54, 1.807) is 30.6 Å². The zero-order chi connectivity index (χ0) is 35.3. The minimum Gasteiger partial charge on any atom is -0.350 e. The quantitative estimate of drug-likeness (QED) is 0.111. The number of piperazine rings is 1. The minimum absolute atomic E-state index is 0.0734. The van der Waals surface area contributed by atoms with Crippen molar-refractivity contribution in [3.63, 3.8) is 0 Å². The second kappa shape index (κ2) is 15.2. The van der Waals surface area contributed by atoms with E-state index in [0.29, 0.717) is 30.0 Å². The van der Waals surface area contributed by atoms with Crippen LogP contribution in [-0.2, 0) is 19.3 Å². The normalized spacial score (nSPS) is 15.1. The zero-order valence-corrected chi connectivity index (χ0v) is 28.2. The molecule has 6 rings (SSSR count). The summed E-state index contributed by atoms with van der Waals surface area (Å²) >= 11 is 0. The molecule has 1 aliphatic heterocycles. The van der Waals surface area contributed by atoms with E-state index < -0.39 is 17.6 Å². The van der Waals surface area contributed by atoms with Crippen molar-refractivity contribution in [1.82, 2.24) is 34.7 Å². The second-order valence-corrected chi connectivity index (χ2v) is 12.5. The van der Waals surface area contributed by atoms with Gasteiger partial charge in [-0.1, -0.05) is 18.1 Å². The molecule has 0 radical (unpaired) electrons. The van der Waals surface area contributed by atoms with E-state index in [0.717, 1.165) is 49.1 Å². The van der Waals surface area contributed by atoms with Gasteiger partial charge in [-0.3, -0.25) is 18.8 Å². The first kappa shape index (κ1) is 34.7. The molecule has 0 bridgehead atoms. The minimum atomic E-state index is -4.56. The highest BCUT2D eigenvalue weighted by molar-refractivity contribution is 6.04. The highest BCUT2D eigenvalue weighted by atomic mass is 19.4. The number of carbonyl (C=O) groups excluding carboxylic acids is 1. The molecular weight excluding hydrogens is 643 g/mol. The van der Waals surface area contributed by atoms with Crippen LogP contribution in [0.2, 0.25) is 0 Å². The summed E-state index contributed by atoms with van der Waals surface area (Å²) in [5.74, 6) is 5.79. The standard InChI is InChI=1S/C37H40F3N9O/c1-25-7-8-28(36(50)46-30-11-9-29(33(19-30)37(38,39)40)23-47-17-14-42-26(2)22-47)18-27(25)10-12-32-21-43-35-34(6-4-16-49(32)35)45-31-20-44-48(24-31)15-5-13-41-3/h4,6-9,11,16,18-21,24,26,41-42,45H,5,13-15,17,22-23H2,1-3H3,(H,46,50). The summed E-state index contributed by atoms with van der Waals surface area (Å²) in [6, 6.07) is 13.1. The molecule has 1 fully saturated rings. The number of imidazole rings is 1. The number of nitrogens with zero attached hydrogens (tertiary/aromatic N) is 5. The summed E-state index contributed by atoms with van der Waals surface area (Å²) in [4.78, 5) is 19.8. The summed E-state index contributed by atoms with van der Waals surface area (Å²) in [7, 11) is 1.92. The molecule has 1 amide bonds. The third kappa shape index (κ3) is 8.34. The molecule has 1 aliphatic rings. The van der Waals surface area contributed by atoms with Gasteiger partial charge in [-0.25, -0.2) is 4.98 Å². The fraction of sp³-hybridized carbons (Fsp3) is 0.324. The van der Waals surface area contributed by atoms with E-state index in [4.69, 9.17) is 0 Å². The lowest BCUT2D eigenvalue weighted by molar-refractivity contribution is -0.138. The lowest BCUT2D eigenvalue weighted by Crippen LogP contribution is -2.48. The van der Waals surface area contributed by atoms with Crippen LogP contribution >= 0.6 is 0 Å². The Morgan fingerprint density at radius 2 is 1.96 bits per heavy atom. The summed E-state index contributed by atoms with van der Waals surface area (Å²) in [5.41, 5.74) is 4.23. The van der Waals surface area contributed by atoms with Crippen LogP contribution in [-0.4, -0.2) is 69.2 Å².